The maximum absolute atomic E-state index is 10.7. The number of nitrogens with zero attached hydrogens (tertiary/aromatic N) is 1. The summed E-state index contributed by atoms with van der Waals surface area (Å²) >= 11 is 0. The Morgan fingerprint density at radius 2 is 2.18 bits per heavy atom. The van der Waals surface area contributed by atoms with Crippen molar-refractivity contribution in [3.05, 3.63) is 0 Å². The first-order valence-corrected chi connectivity index (χ1v) is 3.65. The van der Waals surface area contributed by atoms with Gasteiger partial charge in [-0.15, -0.1) is 0 Å². The molecular formula is C7H14N2O2. The third-order valence-electron chi connectivity index (χ3n) is 0.954. The molecule has 0 saturated carbocycles. The van der Waals surface area contributed by atoms with Crippen LogP contribution in [0.5, 0.6) is 0 Å². The summed E-state index contributed by atoms with van der Waals surface area (Å²) in [6.07, 6.45) is -0.442. The molecule has 0 aromatic heterocycles. The van der Waals surface area contributed by atoms with Crippen LogP contribution in [0.3, 0.4) is 0 Å². The van der Waals surface area contributed by atoms with Crippen molar-refractivity contribution in [3.63, 3.8) is 0 Å². The number of carbonyl (C=O) groups excluding carboxylic acids is 1. The number of alkyl carbamates (subject to hydrolysis) is 1. The van der Waals surface area contributed by atoms with Gasteiger partial charge in [-0.3, -0.25) is 10.3 Å². The zero-order valence-electron chi connectivity index (χ0n) is 7.18. The topological polar surface area (TPSA) is 50.7 Å². The van der Waals surface area contributed by atoms with E-state index < -0.39 is 6.09 Å². The van der Waals surface area contributed by atoms with E-state index in [4.69, 9.17) is 0 Å². The van der Waals surface area contributed by atoms with E-state index in [2.05, 4.69) is 15.0 Å². The predicted molar refractivity (Wildman–Crippen MR) is 43.8 cm³/mol. The van der Waals surface area contributed by atoms with Crippen LogP contribution >= 0.6 is 0 Å². The molecule has 0 aliphatic rings. The first kappa shape index (κ1) is 9.94. The van der Waals surface area contributed by atoms with Crippen molar-refractivity contribution >= 4 is 11.9 Å². The van der Waals surface area contributed by atoms with E-state index in [-0.39, 0.29) is 0 Å². The summed E-state index contributed by atoms with van der Waals surface area (Å²) in [6.45, 7) is 6.42. The lowest BCUT2D eigenvalue weighted by atomic mass is 10.6. The van der Waals surface area contributed by atoms with Gasteiger partial charge in [-0.25, -0.2) is 4.79 Å². The Labute approximate surface area is 66.6 Å². The van der Waals surface area contributed by atoms with Crippen LogP contribution < -0.4 is 5.32 Å². The Morgan fingerprint density at radius 3 is 2.64 bits per heavy atom. The van der Waals surface area contributed by atoms with Gasteiger partial charge in [-0.2, -0.15) is 0 Å². The molecule has 0 bridgehead atoms. The molecule has 0 aromatic rings. The van der Waals surface area contributed by atoms with E-state index in [1.54, 1.807) is 13.8 Å². The molecule has 0 atom stereocenters. The summed E-state index contributed by atoms with van der Waals surface area (Å²) in [7, 11) is 0. The molecule has 0 heterocycles. The SMILES string of the molecule is CCN=C(C)NC(=O)OCC. The molecule has 11 heavy (non-hydrogen) atoms. The fourth-order valence-corrected chi connectivity index (χ4v) is 0.592. The molecule has 1 amide bonds. The molecule has 0 rings (SSSR count). The molecule has 0 radical (unpaired) electrons. The second kappa shape index (κ2) is 5.70. The maximum Gasteiger partial charge on any atom is 0.412 e. The highest BCUT2D eigenvalue weighted by Gasteiger charge is 1.99. The number of aliphatic imine (C=N–C) groups is 1. The van der Waals surface area contributed by atoms with Gasteiger partial charge in [0, 0.05) is 6.54 Å². The summed E-state index contributed by atoms with van der Waals surface area (Å²) in [5.41, 5.74) is 0. The third kappa shape index (κ3) is 5.39. The minimum absolute atomic E-state index is 0.380. The van der Waals surface area contributed by atoms with Crippen molar-refractivity contribution in [2.45, 2.75) is 20.8 Å². The smallest absolute Gasteiger partial charge is 0.412 e. The highest BCUT2D eigenvalue weighted by molar-refractivity contribution is 5.93. The van der Waals surface area contributed by atoms with Crippen LogP contribution in [-0.4, -0.2) is 25.1 Å². The minimum atomic E-state index is -0.442. The number of nitrogens with one attached hydrogen (secondary N) is 1. The summed E-state index contributed by atoms with van der Waals surface area (Å²) in [4.78, 5) is 14.7. The number of ether oxygens (including phenoxy) is 1. The quantitative estimate of drug-likeness (QED) is 0.484. The molecule has 0 aliphatic carbocycles. The Balaban J connectivity index is 3.66. The highest BCUT2D eigenvalue weighted by atomic mass is 16.5. The Morgan fingerprint density at radius 1 is 1.55 bits per heavy atom. The van der Waals surface area contributed by atoms with Gasteiger partial charge in [0.1, 0.15) is 5.84 Å². The molecule has 0 spiro atoms. The Bertz CT molecular complexity index is 155. The minimum Gasteiger partial charge on any atom is -0.450 e. The molecule has 0 aromatic carbocycles. The highest BCUT2D eigenvalue weighted by Crippen LogP contribution is 1.78. The molecule has 4 nitrogen and oxygen atoms in total. The van der Waals surface area contributed by atoms with Gasteiger partial charge in [0.15, 0.2) is 0 Å². The second-order valence-electron chi connectivity index (χ2n) is 1.91. The molecule has 64 valence electrons. The lowest BCUT2D eigenvalue weighted by molar-refractivity contribution is 0.157. The van der Waals surface area contributed by atoms with Gasteiger partial charge in [0.2, 0.25) is 0 Å². The van der Waals surface area contributed by atoms with Gasteiger partial charge in [0.25, 0.3) is 0 Å². The zero-order chi connectivity index (χ0) is 8.69. The van der Waals surface area contributed by atoms with Gasteiger partial charge < -0.3 is 4.74 Å². The summed E-state index contributed by atoms with van der Waals surface area (Å²) in [5.74, 6) is 0.589. The second-order valence-corrected chi connectivity index (χ2v) is 1.91. The molecular weight excluding hydrogens is 144 g/mol. The van der Waals surface area contributed by atoms with Crippen molar-refractivity contribution in [2.24, 2.45) is 4.99 Å². The average Bonchev–Trinajstić information content (AvgIpc) is 1.87. The van der Waals surface area contributed by atoms with E-state index in [1.165, 1.54) is 0 Å². The van der Waals surface area contributed by atoms with E-state index in [0.29, 0.717) is 19.0 Å². The third-order valence-corrected chi connectivity index (χ3v) is 0.954. The normalized spacial score (nSPS) is 11.0. The standard InChI is InChI=1S/C7H14N2O2/c1-4-8-6(3)9-7(10)11-5-2/h4-5H2,1-3H3,(H,8,9,10). The van der Waals surface area contributed by atoms with Crippen LogP contribution in [0.2, 0.25) is 0 Å². The summed E-state index contributed by atoms with van der Waals surface area (Å²) < 4.78 is 4.63. The largest absolute Gasteiger partial charge is 0.450 e. The van der Waals surface area contributed by atoms with E-state index in [1.807, 2.05) is 6.92 Å². The Kier molecular flexibility index (Phi) is 5.15. The van der Waals surface area contributed by atoms with Crippen LogP contribution in [0.15, 0.2) is 4.99 Å². The fourth-order valence-electron chi connectivity index (χ4n) is 0.592. The summed E-state index contributed by atoms with van der Waals surface area (Å²) in [6, 6.07) is 0. The first-order valence-electron chi connectivity index (χ1n) is 3.65. The van der Waals surface area contributed by atoms with Crippen molar-refractivity contribution in [1.82, 2.24) is 5.32 Å². The van der Waals surface area contributed by atoms with E-state index in [0.717, 1.165) is 0 Å². The molecule has 0 fully saturated rings. The number of amidine groups is 1. The van der Waals surface area contributed by atoms with Gasteiger partial charge in [-0.1, -0.05) is 0 Å². The van der Waals surface area contributed by atoms with Gasteiger partial charge >= 0.3 is 6.09 Å². The van der Waals surface area contributed by atoms with Crippen molar-refractivity contribution in [3.8, 4) is 0 Å². The lowest BCUT2D eigenvalue weighted by Gasteiger charge is -2.02. The lowest BCUT2D eigenvalue weighted by Crippen LogP contribution is -2.29. The fraction of sp³-hybridized carbons (Fsp3) is 0.714. The van der Waals surface area contributed by atoms with E-state index in [9.17, 15) is 4.79 Å². The summed E-state index contributed by atoms with van der Waals surface area (Å²) in [5, 5.41) is 2.47. The van der Waals surface area contributed by atoms with Crippen LogP contribution in [0, 0.1) is 0 Å². The van der Waals surface area contributed by atoms with Gasteiger partial charge in [0.05, 0.1) is 6.61 Å². The van der Waals surface area contributed by atoms with Crippen LogP contribution in [0.25, 0.3) is 0 Å². The van der Waals surface area contributed by atoms with Gasteiger partial charge in [-0.05, 0) is 20.8 Å². The molecule has 0 unspecified atom stereocenters. The number of hydrogen-bond donors (Lipinski definition) is 1. The Hall–Kier alpha value is -1.06. The molecule has 4 heteroatoms. The van der Waals surface area contributed by atoms with E-state index >= 15 is 0 Å². The monoisotopic (exact) mass is 158 g/mol. The van der Waals surface area contributed by atoms with Crippen molar-refractivity contribution < 1.29 is 9.53 Å². The molecule has 1 N–H and O–H groups in total. The predicted octanol–water partition coefficient (Wildman–Crippen LogP) is 1.17. The molecule has 0 aliphatic heterocycles. The number of amides is 1. The number of carbonyl (C=O) groups is 1. The first-order chi connectivity index (χ1) is 5.20. The maximum atomic E-state index is 10.7. The van der Waals surface area contributed by atoms with Crippen LogP contribution in [0.4, 0.5) is 4.79 Å². The van der Waals surface area contributed by atoms with Crippen LogP contribution in [-0.2, 0) is 4.74 Å². The van der Waals surface area contributed by atoms with Crippen LogP contribution in [0.1, 0.15) is 20.8 Å². The average molecular weight is 158 g/mol. The van der Waals surface area contributed by atoms with Crippen molar-refractivity contribution in [2.75, 3.05) is 13.2 Å². The number of rotatable bonds is 2. The van der Waals surface area contributed by atoms with Crippen molar-refractivity contribution in [1.29, 1.82) is 0 Å². The zero-order valence-corrected chi connectivity index (χ0v) is 7.18. The number of hydrogen-bond acceptors (Lipinski definition) is 3. The molecule has 0 saturated heterocycles.